The molecule has 0 aliphatic carbocycles. The van der Waals surface area contributed by atoms with Crippen molar-refractivity contribution >= 4 is 50.0 Å². The molecule has 1 unspecified atom stereocenters. The van der Waals surface area contributed by atoms with Crippen LogP contribution in [0.4, 0.5) is 5.82 Å². The van der Waals surface area contributed by atoms with Crippen molar-refractivity contribution in [1.82, 2.24) is 14.5 Å². The number of nitrogens with one attached hydrogen (secondary N) is 1. The van der Waals surface area contributed by atoms with Gasteiger partial charge in [-0.2, -0.15) is 0 Å². The molecule has 1 saturated heterocycles. The van der Waals surface area contributed by atoms with Gasteiger partial charge in [-0.1, -0.05) is 50.3 Å². The Morgan fingerprint density at radius 1 is 1.24 bits per heavy atom. The summed E-state index contributed by atoms with van der Waals surface area (Å²) in [5, 5.41) is 12.5. The number of nitrogens with zero attached hydrogens (tertiary/aromatic N) is 3. The van der Waals surface area contributed by atoms with E-state index in [2.05, 4.69) is 15.3 Å². The summed E-state index contributed by atoms with van der Waals surface area (Å²) in [5.41, 5.74) is 0.592. The largest absolute Gasteiger partial charge is 0.695 e. The van der Waals surface area contributed by atoms with Crippen molar-refractivity contribution in [3.05, 3.63) is 51.9 Å². The van der Waals surface area contributed by atoms with Crippen molar-refractivity contribution < 1.29 is 33.0 Å². The Kier molecular flexibility index (Phi) is 8.26. The zero-order valence-electron chi connectivity index (χ0n) is 21.5. The summed E-state index contributed by atoms with van der Waals surface area (Å²) in [5.74, 6) is -0.260. The number of rotatable bonds is 8. The number of benzene rings is 1. The van der Waals surface area contributed by atoms with Crippen molar-refractivity contribution in [2.45, 2.75) is 63.4 Å². The number of hydrogen-bond acceptors (Lipinski definition) is 10. The maximum atomic E-state index is 13.3. The fourth-order valence-electron chi connectivity index (χ4n) is 3.87. The third-order valence-corrected chi connectivity index (χ3v) is 12.7. The molecule has 3 N–H and O–H groups in total. The van der Waals surface area contributed by atoms with E-state index in [1.807, 2.05) is 33.9 Å². The highest BCUT2D eigenvalue weighted by Gasteiger charge is 2.55. The topological polar surface area (TPSA) is 162 Å². The summed E-state index contributed by atoms with van der Waals surface area (Å²) >= 11 is 0.812. The third-order valence-electron chi connectivity index (χ3n) is 6.84. The standard InChI is InChI=1S/C23H29N4O8PSSi/c1-23(2,3)38(4,5)35-16-15(34-36(31)32)14(11-28)33-21(16)27-19-17(37-22(27)30)18(24-12-25-19)26-20(29)13-9-7-6-8-10-13/h6-10,12,14-16,21,28H,11H2,1-5H3,(H-,24,25,26,29,31,32)/p+1/t14-,15-,16-,21-/m1/s1. The monoisotopic (exact) mass is 581 g/mol. The van der Waals surface area contributed by atoms with E-state index < -0.39 is 58.5 Å². The van der Waals surface area contributed by atoms with Crippen molar-refractivity contribution in [2.24, 2.45) is 0 Å². The van der Waals surface area contributed by atoms with Gasteiger partial charge < -0.3 is 19.6 Å². The van der Waals surface area contributed by atoms with E-state index >= 15 is 0 Å². The van der Waals surface area contributed by atoms with Crippen molar-refractivity contribution in [3.63, 3.8) is 0 Å². The molecule has 0 bridgehead atoms. The zero-order valence-corrected chi connectivity index (χ0v) is 24.2. The number of anilines is 1. The van der Waals surface area contributed by atoms with E-state index in [0.717, 1.165) is 11.3 Å². The lowest BCUT2D eigenvalue weighted by Crippen LogP contribution is -2.49. The first-order valence-electron chi connectivity index (χ1n) is 11.8. The van der Waals surface area contributed by atoms with E-state index in [0.29, 0.717) is 10.3 Å². The number of thiazole rings is 1. The summed E-state index contributed by atoms with van der Waals surface area (Å²) in [7, 11) is -5.59. The van der Waals surface area contributed by atoms with Gasteiger partial charge in [0.1, 0.15) is 23.2 Å². The van der Waals surface area contributed by atoms with Crippen LogP contribution in [0.1, 0.15) is 37.4 Å². The number of fused-ring (bicyclic) bond motifs is 1. The van der Waals surface area contributed by atoms with Crippen LogP contribution in [0.2, 0.25) is 18.1 Å². The number of amides is 1. The van der Waals surface area contributed by atoms with E-state index in [-0.39, 0.29) is 16.5 Å². The smallest absolute Gasteiger partial charge is 0.406 e. The van der Waals surface area contributed by atoms with Crippen LogP contribution in [0.3, 0.4) is 0 Å². The first-order chi connectivity index (χ1) is 17.8. The summed E-state index contributed by atoms with van der Waals surface area (Å²) in [4.78, 5) is 43.6. The second kappa shape index (κ2) is 11.0. The predicted molar refractivity (Wildman–Crippen MR) is 144 cm³/mol. The van der Waals surface area contributed by atoms with Gasteiger partial charge in [0.2, 0.25) is 0 Å². The van der Waals surface area contributed by atoms with Gasteiger partial charge in [-0.05, 0) is 30.3 Å². The molecule has 3 heterocycles. The molecule has 38 heavy (non-hydrogen) atoms. The molecule has 1 amide bonds. The number of ether oxygens (including phenoxy) is 1. The molecule has 1 aliphatic heterocycles. The first kappa shape index (κ1) is 28.6. The Labute approximate surface area is 224 Å². The number of carbonyl (C=O) groups is 1. The van der Waals surface area contributed by atoms with Crippen LogP contribution in [0.5, 0.6) is 0 Å². The quantitative estimate of drug-likeness (QED) is 0.265. The second-order valence-corrected chi connectivity index (χ2v) is 16.7. The highest BCUT2D eigenvalue weighted by atomic mass is 32.1. The van der Waals surface area contributed by atoms with E-state index in [1.165, 1.54) is 10.9 Å². The molecule has 0 radical (unpaired) electrons. The van der Waals surface area contributed by atoms with Crippen LogP contribution in [-0.4, -0.2) is 63.7 Å². The van der Waals surface area contributed by atoms with E-state index in [9.17, 15) is 24.2 Å². The first-order valence-corrected chi connectivity index (χ1v) is 16.7. The summed E-state index contributed by atoms with van der Waals surface area (Å²) in [6, 6.07) is 8.56. The molecule has 4 rings (SSSR count). The molecule has 204 valence electrons. The number of aliphatic hydroxyl groups excluding tert-OH is 1. The molecule has 0 saturated carbocycles. The van der Waals surface area contributed by atoms with Gasteiger partial charge in [-0.15, -0.1) is 9.42 Å². The van der Waals surface area contributed by atoms with Gasteiger partial charge >= 0.3 is 13.1 Å². The van der Waals surface area contributed by atoms with Crippen LogP contribution >= 0.6 is 19.6 Å². The lowest BCUT2D eigenvalue weighted by molar-refractivity contribution is -0.0494. The number of aromatic nitrogens is 3. The van der Waals surface area contributed by atoms with Gasteiger partial charge in [0.25, 0.3) is 5.91 Å². The van der Waals surface area contributed by atoms with Crippen LogP contribution < -0.4 is 10.2 Å². The molecule has 1 aliphatic rings. The molecule has 2 aromatic heterocycles. The molecule has 0 spiro atoms. The molecule has 12 nitrogen and oxygen atoms in total. The lowest BCUT2D eigenvalue weighted by Gasteiger charge is -2.39. The van der Waals surface area contributed by atoms with Crippen molar-refractivity contribution in [1.29, 1.82) is 0 Å². The minimum Gasteiger partial charge on any atom is -0.406 e. The number of carbonyl (C=O) groups excluding carboxylic acids is 1. The molecule has 1 aromatic carbocycles. The Morgan fingerprint density at radius 3 is 2.53 bits per heavy atom. The summed E-state index contributed by atoms with van der Waals surface area (Å²) in [6.07, 6.45) is -3.09. The van der Waals surface area contributed by atoms with Crippen LogP contribution in [-0.2, 0) is 18.3 Å². The van der Waals surface area contributed by atoms with Crippen molar-refractivity contribution in [3.8, 4) is 0 Å². The van der Waals surface area contributed by atoms with Crippen LogP contribution in [0, 0.1) is 0 Å². The molecular formula is C23H30N4O8PSSi+. The average molecular weight is 582 g/mol. The van der Waals surface area contributed by atoms with Crippen LogP contribution in [0.25, 0.3) is 10.3 Å². The van der Waals surface area contributed by atoms with Crippen molar-refractivity contribution in [2.75, 3.05) is 11.9 Å². The fourth-order valence-corrected chi connectivity index (χ4v) is 6.53. The molecule has 15 heteroatoms. The minimum absolute atomic E-state index is 0.148. The summed E-state index contributed by atoms with van der Waals surface area (Å²) < 4.78 is 31.1. The second-order valence-electron chi connectivity index (χ2n) is 10.3. The van der Waals surface area contributed by atoms with Gasteiger partial charge in [0.05, 0.1) is 6.61 Å². The van der Waals surface area contributed by atoms with Gasteiger partial charge in [0, 0.05) is 10.1 Å². The molecular weight excluding hydrogens is 551 g/mol. The SMILES string of the molecule is CC(C)(C)[Si](C)(C)O[C@@H]1[C@H](O[P+](=O)O)[C@@H](CO)O[C@H]1n1c(=O)sc2c(NC(=O)c3ccccc3)ncnc21. The maximum Gasteiger partial charge on any atom is 0.695 e. The third kappa shape index (κ3) is 5.63. The van der Waals surface area contributed by atoms with Gasteiger partial charge in [0.15, 0.2) is 32.1 Å². The van der Waals surface area contributed by atoms with Gasteiger partial charge in [-0.3, -0.25) is 14.2 Å². The molecule has 5 atom stereocenters. The highest BCUT2D eigenvalue weighted by Crippen LogP contribution is 2.44. The Morgan fingerprint density at radius 2 is 1.92 bits per heavy atom. The molecule has 3 aromatic rings. The normalized spacial score (nSPS) is 22.6. The average Bonchev–Trinajstić information content (AvgIpc) is 3.35. The fraction of sp³-hybridized carbons (Fsp3) is 0.478. The zero-order chi connectivity index (χ0) is 27.8. The number of aliphatic hydroxyl groups is 1. The van der Waals surface area contributed by atoms with Crippen LogP contribution in [0.15, 0.2) is 41.5 Å². The number of hydrogen-bond donors (Lipinski definition) is 3. The lowest BCUT2D eigenvalue weighted by atomic mass is 10.1. The van der Waals surface area contributed by atoms with E-state index in [1.54, 1.807) is 30.3 Å². The predicted octanol–water partition coefficient (Wildman–Crippen LogP) is 3.42. The minimum atomic E-state index is -3.06. The highest BCUT2D eigenvalue weighted by molar-refractivity contribution is 7.32. The van der Waals surface area contributed by atoms with Gasteiger partial charge in [-0.25, -0.2) is 9.97 Å². The maximum absolute atomic E-state index is 13.3. The Hall–Kier alpha value is -2.42. The molecule has 1 fully saturated rings. The Balaban J connectivity index is 1.78. The Bertz CT molecular complexity index is 1390. The summed E-state index contributed by atoms with van der Waals surface area (Å²) in [6.45, 7) is 9.51. The van der Waals surface area contributed by atoms with E-state index in [4.69, 9.17) is 13.7 Å².